The summed E-state index contributed by atoms with van der Waals surface area (Å²) >= 11 is 0. The minimum absolute atomic E-state index is 0.0465. The van der Waals surface area contributed by atoms with Gasteiger partial charge in [0.1, 0.15) is 24.4 Å². The van der Waals surface area contributed by atoms with E-state index < -0.39 is 35.9 Å². The molecule has 0 aromatic rings. The van der Waals surface area contributed by atoms with Gasteiger partial charge in [0.2, 0.25) is 0 Å². The molecule has 1 aliphatic heterocycles. The molecule has 0 aliphatic carbocycles. The highest BCUT2D eigenvalue weighted by Gasteiger charge is 2.38. The van der Waals surface area contributed by atoms with E-state index in [1.54, 1.807) is 0 Å². The molecule has 9 heteroatoms. The highest BCUT2D eigenvalue weighted by Crippen LogP contribution is 2.22. The zero-order valence-electron chi connectivity index (χ0n) is 9.71. The zero-order chi connectivity index (χ0) is 13.9. The van der Waals surface area contributed by atoms with Crippen LogP contribution in [0.2, 0.25) is 0 Å². The van der Waals surface area contributed by atoms with Crippen LogP contribution >= 0.6 is 0 Å². The first-order valence-corrected chi connectivity index (χ1v) is 5.25. The molecule has 0 amide bonds. The van der Waals surface area contributed by atoms with Crippen molar-refractivity contribution in [3.05, 3.63) is 22.2 Å². The van der Waals surface area contributed by atoms with E-state index >= 15 is 0 Å². The maximum atomic E-state index is 10.3. The van der Waals surface area contributed by atoms with Gasteiger partial charge in [0.15, 0.2) is 0 Å². The van der Waals surface area contributed by atoms with Crippen molar-refractivity contribution in [3.63, 3.8) is 0 Å². The Bertz CT molecular complexity index is 335. The summed E-state index contributed by atoms with van der Waals surface area (Å²) < 4.78 is 5.10. The zero-order valence-corrected chi connectivity index (χ0v) is 9.71. The van der Waals surface area contributed by atoms with Crippen LogP contribution in [-0.4, -0.2) is 74.9 Å². The fourth-order valence-electron chi connectivity index (χ4n) is 1.59. The third-order valence-electron chi connectivity index (χ3n) is 2.63. The van der Waals surface area contributed by atoms with E-state index in [0.717, 1.165) is 0 Å². The lowest BCUT2D eigenvalue weighted by Gasteiger charge is -2.24. The maximum Gasteiger partial charge on any atom is 0.293 e. The molecule has 0 aromatic carbocycles. The molecule has 18 heavy (non-hydrogen) atoms. The lowest BCUT2D eigenvalue weighted by Crippen LogP contribution is -2.47. The number of nitro groups is 1. The van der Waals surface area contributed by atoms with Gasteiger partial charge in [-0.3, -0.25) is 10.1 Å². The highest BCUT2D eigenvalue weighted by atomic mass is 16.6. The summed E-state index contributed by atoms with van der Waals surface area (Å²) in [7, 11) is 1.52. The first kappa shape index (κ1) is 14.6. The Labute approximate surface area is 103 Å². The summed E-state index contributed by atoms with van der Waals surface area (Å²) in [4.78, 5) is 11.0. The minimum Gasteiger partial charge on any atom is -0.467 e. The van der Waals surface area contributed by atoms with Crippen molar-refractivity contribution in [2.45, 2.75) is 24.4 Å². The molecule has 0 radical (unpaired) electrons. The average Bonchev–Trinajstić information content (AvgIpc) is 2.67. The van der Waals surface area contributed by atoms with Crippen molar-refractivity contribution < 1.29 is 30.1 Å². The molecule has 1 rings (SSSR count). The Kier molecular flexibility index (Phi) is 4.84. The van der Waals surface area contributed by atoms with Crippen LogP contribution in [0.3, 0.4) is 0 Å². The number of ether oxygens (including phenoxy) is 1. The second-order valence-corrected chi connectivity index (χ2v) is 4.02. The summed E-state index contributed by atoms with van der Waals surface area (Å²) in [6, 6.07) is 0. The van der Waals surface area contributed by atoms with E-state index in [1.807, 2.05) is 0 Å². The molecule has 1 fully saturated rings. The number of aliphatic hydroxyl groups is 4. The van der Waals surface area contributed by atoms with Gasteiger partial charge in [-0.25, -0.2) is 0 Å². The summed E-state index contributed by atoms with van der Waals surface area (Å²) in [5.41, 5.74) is 0. The molecule has 0 saturated carbocycles. The monoisotopic (exact) mass is 264 g/mol. The standard InChI is InChI=1S/C9H16N2O7/c1-10-2-6(18-7(10)3-11(16)17)9(15)8(14)5(13)4-12/h3,5-6,8-9,12-15H,2,4H2,1H3/b7-3+. The van der Waals surface area contributed by atoms with Crippen LogP contribution in [0, 0.1) is 10.1 Å². The molecule has 0 bridgehead atoms. The largest absolute Gasteiger partial charge is 0.467 e. The smallest absolute Gasteiger partial charge is 0.293 e. The van der Waals surface area contributed by atoms with Crippen LogP contribution in [0.15, 0.2) is 12.1 Å². The quantitative estimate of drug-likeness (QED) is 0.315. The lowest BCUT2D eigenvalue weighted by atomic mass is 10.0. The number of likely N-dealkylation sites (N-methyl/N-ethyl adjacent to an activating group) is 1. The first-order chi connectivity index (χ1) is 8.36. The number of nitrogens with zero attached hydrogens (tertiary/aromatic N) is 2. The molecule has 4 atom stereocenters. The van der Waals surface area contributed by atoms with Crippen LogP contribution in [-0.2, 0) is 4.74 Å². The molecule has 1 heterocycles. The molecule has 104 valence electrons. The van der Waals surface area contributed by atoms with Crippen LogP contribution in [0.1, 0.15) is 0 Å². The predicted molar refractivity (Wildman–Crippen MR) is 57.7 cm³/mol. The molecular weight excluding hydrogens is 248 g/mol. The van der Waals surface area contributed by atoms with E-state index in [4.69, 9.17) is 9.84 Å². The second kappa shape index (κ2) is 5.96. The van der Waals surface area contributed by atoms with Gasteiger partial charge < -0.3 is 30.1 Å². The van der Waals surface area contributed by atoms with Crippen LogP contribution in [0.4, 0.5) is 0 Å². The SMILES string of the molecule is CN1CC(C(O)C(O)C(O)CO)O/C1=C/[N+](=O)[O-]. The van der Waals surface area contributed by atoms with Gasteiger partial charge in [-0.05, 0) is 0 Å². The fourth-order valence-corrected chi connectivity index (χ4v) is 1.59. The summed E-state index contributed by atoms with van der Waals surface area (Å²) in [5.74, 6) is -0.0465. The molecule has 4 N–H and O–H groups in total. The van der Waals surface area contributed by atoms with Gasteiger partial charge in [0.25, 0.3) is 12.1 Å². The van der Waals surface area contributed by atoms with Crippen molar-refractivity contribution >= 4 is 0 Å². The molecular formula is C9H16N2O7. The van der Waals surface area contributed by atoms with E-state index in [9.17, 15) is 25.4 Å². The Balaban J connectivity index is 2.68. The Hall–Kier alpha value is -1.42. The highest BCUT2D eigenvalue weighted by molar-refractivity contribution is 4.98. The van der Waals surface area contributed by atoms with Gasteiger partial charge >= 0.3 is 0 Å². The third-order valence-corrected chi connectivity index (χ3v) is 2.63. The number of rotatable bonds is 5. The molecule has 0 aromatic heterocycles. The molecule has 4 unspecified atom stereocenters. The molecule has 9 nitrogen and oxygen atoms in total. The van der Waals surface area contributed by atoms with Crippen molar-refractivity contribution in [1.82, 2.24) is 4.90 Å². The summed E-state index contributed by atoms with van der Waals surface area (Å²) in [5, 5.41) is 47.3. The molecule has 0 spiro atoms. The van der Waals surface area contributed by atoms with Gasteiger partial charge in [0.05, 0.1) is 18.1 Å². The summed E-state index contributed by atoms with van der Waals surface area (Å²) in [6.07, 6.45) is -4.84. The van der Waals surface area contributed by atoms with Crippen LogP contribution in [0.25, 0.3) is 0 Å². The average molecular weight is 264 g/mol. The molecule has 1 aliphatic rings. The van der Waals surface area contributed by atoms with E-state index in [1.165, 1.54) is 11.9 Å². The van der Waals surface area contributed by atoms with Crippen molar-refractivity contribution in [3.8, 4) is 0 Å². The van der Waals surface area contributed by atoms with E-state index in [0.29, 0.717) is 6.20 Å². The van der Waals surface area contributed by atoms with Crippen LogP contribution < -0.4 is 0 Å². The van der Waals surface area contributed by atoms with Gasteiger partial charge in [-0.2, -0.15) is 0 Å². The second-order valence-electron chi connectivity index (χ2n) is 4.02. The van der Waals surface area contributed by atoms with E-state index in [-0.39, 0.29) is 12.4 Å². The normalized spacial score (nSPS) is 26.8. The molecule has 1 saturated heterocycles. The van der Waals surface area contributed by atoms with Crippen molar-refractivity contribution in [1.29, 1.82) is 0 Å². The van der Waals surface area contributed by atoms with Crippen molar-refractivity contribution in [2.75, 3.05) is 20.2 Å². The fraction of sp³-hybridized carbons (Fsp3) is 0.778. The number of aliphatic hydroxyl groups excluding tert-OH is 4. The number of hydrogen-bond acceptors (Lipinski definition) is 8. The minimum atomic E-state index is -1.59. The maximum absolute atomic E-state index is 10.3. The number of hydrogen-bond donors (Lipinski definition) is 4. The summed E-state index contributed by atoms with van der Waals surface area (Å²) in [6.45, 7) is -0.589. The predicted octanol–water partition coefficient (Wildman–Crippen LogP) is -2.53. The van der Waals surface area contributed by atoms with Crippen molar-refractivity contribution in [2.24, 2.45) is 0 Å². The van der Waals surface area contributed by atoms with E-state index in [2.05, 4.69) is 0 Å². The Morgan fingerprint density at radius 3 is 2.72 bits per heavy atom. The Morgan fingerprint density at radius 2 is 2.22 bits per heavy atom. The van der Waals surface area contributed by atoms with Gasteiger partial charge in [-0.15, -0.1) is 0 Å². The first-order valence-electron chi connectivity index (χ1n) is 5.25. The van der Waals surface area contributed by atoms with Crippen LogP contribution in [0.5, 0.6) is 0 Å². The Morgan fingerprint density at radius 1 is 1.61 bits per heavy atom. The van der Waals surface area contributed by atoms with Gasteiger partial charge in [0, 0.05) is 7.05 Å². The third kappa shape index (κ3) is 3.29. The lowest BCUT2D eigenvalue weighted by molar-refractivity contribution is -0.406. The van der Waals surface area contributed by atoms with Gasteiger partial charge in [-0.1, -0.05) is 0 Å². The topological polar surface area (TPSA) is 137 Å².